The van der Waals surface area contributed by atoms with Crippen LogP contribution in [0.15, 0.2) is 53.0 Å². The molecule has 2 N–H and O–H groups in total. The molecule has 1 amide bonds. The van der Waals surface area contributed by atoms with Crippen LogP contribution in [0.2, 0.25) is 0 Å². The van der Waals surface area contributed by atoms with E-state index in [1.165, 1.54) is 5.56 Å². The molecule has 0 radical (unpaired) electrons. The largest absolute Gasteiger partial charge is 0.492 e. The summed E-state index contributed by atoms with van der Waals surface area (Å²) in [5.74, 6) is 0.603. The summed E-state index contributed by atoms with van der Waals surface area (Å²) in [6, 6.07) is 15.8. The van der Waals surface area contributed by atoms with Crippen LogP contribution in [0.5, 0.6) is 5.75 Å². The Bertz CT molecular complexity index is 659. The highest BCUT2D eigenvalue weighted by Gasteiger charge is 2.12. The van der Waals surface area contributed by atoms with Gasteiger partial charge in [0.05, 0.1) is 18.8 Å². The minimum atomic E-state index is -0.0854. The number of amides is 1. The van der Waals surface area contributed by atoms with Crippen LogP contribution in [-0.2, 0) is 4.79 Å². The van der Waals surface area contributed by atoms with Crippen LogP contribution in [0.1, 0.15) is 31.9 Å². The summed E-state index contributed by atoms with van der Waals surface area (Å²) in [5, 5.41) is 6.21. The van der Waals surface area contributed by atoms with Crippen molar-refractivity contribution in [2.75, 3.05) is 18.5 Å². The fourth-order valence-electron chi connectivity index (χ4n) is 2.45. The molecule has 2 aromatic rings. The molecule has 0 aromatic heterocycles. The maximum absolute atomic E-state index is 12.2. The third-order valence-corrected chi connectivity index (χ3v) is 4.18. The molecule has 0 aliphatic rings. The summed E-state index contributed by atoms with van der Waals surface area (Å²) < 4.78 is 6.57. The molecule has 128 valence electrons. The number of halogens is 1. The number of carbonyl (C=O) groups excluding carboxylic acids is 1. The molecule has 0 aliphatic carbocycles. The van der Waals surface area contributed by atoms with Crippen LogP contribution in [0, 0.1) is 0 Å². The Hall–Kier alpha value is -1.85. The Morgan fingerprint density at radius 1 is 1.12 bits per heavy atom. The van der Waals surface area contributed by atoms with E-state index < -0.39 is 0 Å². The van der Waals surface area contributed by atoms with Gasteiger partial charge in [-0.2, -0.15) is 0 Å². The normalized spacial score (nSPS) is 11.8. The van der Waals surface area contributed by atoms with Gasteiger partial charge in [0.2, 0.25) is 5.91 Å². The fourth-order valence-corrected chi connectivity index (χ4v) is 2.72. The van der Waals surface area contributed by atoms with Gasteiger partial charge in [0, 0.05) is 10.5 Å². The van der Waals surface area contributed by atoms with Gasteiger partial charge in [-0.1, -0.05) is 47.1 Å². The molecule has 0 fully saturated rings. The number of nitrogens with one attached hydrogen (secondary N) is 2. The molecule has 0 unspecified atom stereocenters. The average molecular weight is 391 g/mol. The number of hydrogen-bond donors (Lipinski definition) is 2. The van der Waals surface area contributed by atoms with Crippen LogP contribution in [0.3, 0.4) is 0 Å². The van der Waals surface area contributed by atoms with Crippen molar-refractivity contribution in [2.45, 2.75) is 26.3 Å². The van der Waals surface area contributed by atoms with E-state index in [1.54, 1.807) is 0 Å². The highest BCUT2D eigenvalue weighted by Crippen LogP contribution is 2.23. The molecule has 5 heteroatoms. The zero-order chi connectivity index (χ0) is 17.4. The third-order valence-electron chi connectivity index (χ3n) is 3.65. The summed E-state index contributed by atoms with van der Waals surface area (Å²) in [5.41, 5.74) is 1.87. The van der Waals surface area contributed by atoms with Crippen molar-refractivity contribution in [3.05, 3.63) is 58.6 Å². The summed E-state index contributed by atoms with van der Waals surface area (Å²) in [4.78, 5) is 12.2. The Labute approximate surface area is 151 Å². The second kappa shape index (κ2) is 9.45. The lowest BCUT2D eigenvalue weighted by atomic mass is 10.0. The Balaban J connectivity index is 1.93. The van der Waals surface area contributed by atoms with Gasteiger partial charge in [-0.3, -0.25) is 4.79 Å². The van der Waals surface area contributed by atoms with E-state index in [0.29, 0.717) is 18.0 Å². The number of para-hydroxylation sites is 2. The standard InChI is InChI=1S/C19H23BrN2O2/c1-3-16(14-9-11-15(20)12-10-14)21-13-19(23)22-17-7-5-6-8-18(17)24-4-2/h5-12,16,21H,3-4,13H2,1-2H3,(H,22,23)/t16-/m1/s1. The molecular weight excluding hydrogens is 368 g/mol. The van der Waals surface area contributed by atoms with Gasteiger partial charge in [-0.05, 0) is 43.2 Å². The van der Waals surface area contributed by atoms with Crippen molar-refractivity contribution in [1.82, 2.24) is 5.32 Å². The molecule has 2 rings (SSSR count). The summed E-state index contributed by atoms with van der Waals surface area (Å²) in [6.45, 7) is 4.83. The number of hydrogen-bond acceptors (Lipinski definition) is 3. The number of carbonyl (C=O) groups is 1. The van der Waals surface area contributed by atoms with Crippen molar-refractivity contribution in [3.8, 4) is 5.75 Å². The molecule has 24 heavy (non-hydrogen) atoms. The molecular formula is C19H23BrN2O2. The molecule has 0 spiro atoms. The van der Waals surface area contributed by atoms with E-state index in [2.05, 4.69) is 45.6 Å². The predicted molar refractivity (Wildman–Crippen MR) is 101 cm³/mol. The highest BCUT2D eigenvalue weighted by molar-refractivity contribution is 9.10. The van der Waals surface area contributed by atoms with Crippen molar-refractivity contribution < 1.29 is 9.53 Å². The van der Waals surface area contributed by atoms with Crippen LogP contribution in [0.25, 0.3) is 0 Å². The zero-order valence-electron chi connectivity index (χ0n) is 14.0. The molecule has 0 saturated carbocycles. The van der Waals surface area contributed by atoms with E-state index >= 15 is 0 Å². The maximum atomic E-state index is 12.2. The lowest BCUT2D eigenvalue weighted by molar-refractivity contribution is -0.115. The van der Waals surface area contributed by atoms with E-state index in [-0.39, 0.29) is 18.5 Å². The van der Waals surface area contributed by atoms with Gasteiger partial charge in [-0.15, -0.1) is 0 Å². The molecule has 0 bridgehead atoms. The molecule has 2 aromatic carbocycles. The number of ether oxygens (including phenoxy) is 1. The lowest BCUT2D eigenvalue weighted by Gasteiger charge is -2.18. The zero-order valence-corrected chi connectivity index (χ0v) is 15.6. The number of rotatable bonds is 8. The second-order valence-electron chi connectivity index (χ2n) is 5.37. The Morgan fingerprint density at radius 2 is 1.83 bits per heavy atom. The van der Waals surface area contributed by atoms with Gasteiger partial charge in [-0.25, -0.2) is 0 Å². The monoisotopic (exact) mass is 390 g/mol. The van der Waals surface area contributed by atoms with E-state index in [9.17, 15) is 4.79 Å². The predicted octanol–water partition coefficient (Wildman–Crippen LogP) is 4.53. The molecule has 0 heterocycles. The van der Waals surface area contributed by atoms with Crippen molar-refractivity contribution in [2.24, 2.45) is 0 Å². The fraction of sp³-hybridized carbons (Fsp3) is 0.316. The van der Waals surface area contributed by atoms with Crippen molar-refractivity contribution >= 4 is 27.5 Å². The molecule has 1 atom stereocenters. The summed E-state index contributed by atoms with van der Waals surface area (Å²) in [6.07, 6.45) is 0.907. The van der Waals surface area contributed by atoms with Crippen LogP contribution in [0.4, 0.5) is 5.69 Å². The first-order valence-electron chi connectivity index (χ1n) is 8.14. The van der Waals surface area contributed by atoms with Crippen LogP contribution in [-0.4, -0.2) is 19.1 Å². The van der Waals surface area contributed by atoms with Gasteiger partial charge in [0.15, 0.2) is 0 Å². The smallest absolute Gasteiger partial charge is 0.238 e. The molecule has 4 nitrogen and oxygen atoms in total. The van der Waals surface area contributed by atoms with E-state index in [1.807, 2.05) is 43.3 Å². The molecule has 0 aliphatic heterocycles. The van der Waals surface area contributed by atoms with E-state index in [4.69, 9.17) is 4.74 Å². The third kappa shape index (κ3) is 5.35. The van der Waals surface area contributed by atoms with Crippen molar-refractivity contribution in [3.63, 3.8) is 0 Å². The number of benzene rings is 2. The quantitative estimate of drug-likeness (QED) is 0.695. The van der Waals surface area contributed by atoms with E-state index in [0.717, 1.165) is 10.9 Å². The first-order chi connectivity index (χ1) is 11.6. The SMILES string of the molecule is CCOc1ccccc1NC(=O)CN[C@H](CC)c1ccc(Br)cc1. The lowest BCUT2D eigenvalue weighted by Crippen LogP contribution is -2.31. The Morgan fingerprint density at radius 3 is 2.50 bits per heavy atom. The van der Waals surface area contributed by atoms with Crippen LogP contribution >= 0.6 is 15.9 Å². The first kappa shape index (κ1) is 18.5. The highest BCUT2D eigenvalue weighted by atomic mass is 79.9. The van der Waals surface area contributed by atoms with Crippen molar-refractivity contribution in [1.29, 1.82) is 0 Å². The van der Waals surface area contributed by atoms with Gasteiger partial charge in [0.1, 0.15) is 5.75 Å². The topological polar surface area (TPSA) is 50.4 Å². The van der Waals surface area contributed by atoms with Gasteiger partial charge in [0.25, 0.3) is 0 Å². The van der Waals surface area contributed by atoms with Gasteiger partial charge < -0.3 is 15.4 Å². The Kier molecular flexibility index (Phi) is 7.28. The molecule has 0 saturated heterocycles. The minimum absolute atomic E-state index is 0.0854. The minimum Gasteiger partial charge on any atom is -0.492 e. The second-order valence-corrected chi connectivity index (χ2v) is 6.29. The maximum Gasteiger partial charge on any atom is 0.238 e. The first-order valence-corrected chi connectivity index (χ1v) is 8.93. The van der Waals surface area contributed by atoms with Crippen LogP contribution < -0.4 is 15.4 Å². The number of anilines is 1. The van der Waals surface area contributed by atoms with Gasteiger partial charge >= 0.3 is 0 Å². The average Bonchev–Trinajstić information content (AvgIpc) is 2.59. The summed E-state index contributed by atoms with van der Waals surface area (Å²) >= 11 is 3.44. The summed E-state index contributed by atoms with van der Waals surface area (Å²) in [7, 11) is 0.